The van der Waals surface area contributed by atoms with Gasteiger partial charge in [-0.2, -0.15) is 4.68 Å². The lowest BCUT2D eigenvalue weighted by Gasteiger charge is -2.10. The zero-order chi connectivity index (χ0) is 20.4. The highest BCUT2D eigenvalue weighted by Gasteiger charge is 2.21. The number of carbonyl (C=O) groups excluding carboxylic acids is 2. The average molecular weight is 399 g/mol. The molecule has 8 nitrogen and oxygen atoms in total. The van der Waals surface area contributed by atoms with E-state index in [-0.39, 0.29) is 17.3 Å². The summed E-state index contributed by atoms with van der Waals surface area (Å²) in [7, 11) is 1.58. The molecule has 0 spiro atoms. The maximum atomic E-state index is 12.7. The van der Waals surface area contributed by atoms with Crippen LogP contribution in [0.3, 0.4) is 0 Å². The summed E-state index contributed by atoms with van der Waals surface area (Å²) < 4.78 is 6.95. The lowest BCUT2D eigenvalue weighted by Crippen LogP contribution is -2.08. The summed E-state index contributed by atoms with van der Waals surface area (Å²) in [5, 5.41) is 12.3. The number of methoxy groups -OCH3 is 1. The lowest BCUT2D eigenvalue weighted by atomic mass is 10.1. The fraction of sp³-hybridized carbons (Fsp3) is 0.316. The predicted molar refractivity (Wildman–Crippen MR) is 106 cm³/mol. The van der Waals surface area contributed by atoms with E-state index in [0.29, 0.717) is 39.1 Å². The number of tetrazole rings is 1. The van der Waals surface area contributed by atoms with Crippen molar-refractivity contribution in [2.24, 2.45) is 0 Å². The number of aromatic amines is 1. The van der Waals surface area contributed by atoms with E-state index in [0.717, 1.165) is 5.56 Å². The first-order valence-electron chi connectivity index (χ1n) is 8.63. The summed E-state index contributed by atoms with van der Waals surface area (Å²) >= 11 is 1.23. The Labute approximate surface area is 166 Å². The van der Waals surface area contributed by atoms with Crippen LogP contribution in [0.25, 0.3) is 5.69 Å². The maximum Gasteiger partial charge on any atom is 0.214 e. The molecule has 3 rings (SSSR count). The molecular weight excluding hydrogens is 378 g/mol. The van der Waals surface area contributed by atoms with Crippen LogP contribution in [0.1, 0.15) is 44.6 Å². The second-order valence-corrected chi connectivity index (χ2v) is 7.38. The molecule has 2 heterocycles. The van der Waals surface area contributed by atoms with E-state index in [4.69, 9.17) is 4.74 Å². The number of H-pyrrole nitrogens is 1. The van der Waals surface area contributed by atoms with Crippen molar-refractivity contribution in [2.45, 2.75) is 32.9 Å². The zero-order valence-electron chi connectivity index (χ0n) is 16.4. The Morgan fingerprint density at radius 2 is 2.00 bits per heavy atom. The van der Waals surface area contributed by atoms with E-state index < -0.39 is 0 Å². The molecule has 1 N–H and O–H groups in total. The van der Waals surface area contributed by atoms with Crippen LogP contribution in [0.2, 0.25) is 0 Å². The van der Waals surface area contributed by atoms with E-state index in [2.05, 4.69) is 20.5 Å². The smallest absolute Gasteiger partial charge is 0.214 e. The van der Waals surface area contributed by atoms with Crippen LogP contribution in [-0.4, -0.2) is 49.6 Å². The van der Waals surface area contributed by atoms with Crippen LogP contribution < -0.4 is 4.74 Å². The number of hydrogen-bond acceptors (Lipinski definition) is 7. The third-order valence-electron chi connectivity index (χ3n) is 4.40. The van der Waals surface area contributed by atoms with Gasteiger partial charge in [-0.25, -0.2) is 0 Å². The summed E-state index contributed by atoms with van der Waals surface area (Å²) in [5.74, 6) is 0.581. The lowest BCUT2D eigenvalue weighted by molar-refractivity contribution is 0.101. The van der Waals surface area contributed by atoms with Gasteiger partial charge in [-0.15, -0.1) is 5.10 Å². The highest BCUT2D eigenvalue weighted by atomic mass is 32.2. The van der Waals surface area contributed by atoms with Gasteiger partial charge < -0.3 is 9.72 Å². The van der Waals surface area contributed by atoms with Gasteiger partial charge in [-0.05, 0) is 61.4 Å². The van der Waals surface area contributed by atoms with Crippen molar-refractivity contribution >= 4 is 23.3 Å². The molecule has 0 amide bonds. The molecule has 0 aliphatic heterocycles. The van der Waals surface area contributed by atoms with Gasteiger partial charge in [-0.3, -0.25) is 9.59 Å². The van der Waals surface area contributed by atoms with E-state index >= 15 is 0 Å². The molecule has 0 unspecified atom stereocenters. The van der Waals surface area contributed by atoms with Crippen LogP contribution in [0, 0.1) is 20.8 Å². The second-order valence-electron chi connectivity index (χ2n) is 6.44. The van der Waals surface area contributed by atoms with Crippen LogP contribution >= 0.6 is 11.8 Å². The molecule has 3 aromatic rings. The topological polar surface area (TPSA) is 103 Å². The molecule has 0 saturated heterocycles. The zero-order valence-corrected chi connectivity index (χ0v) is 17.2. The van der Waals surface area contributed by atoms with Crippen LogP contribution in [0.4, 0.5) is 0 Å². The number of benzene rings is 1. The number of carbonyl (C=O) groups is 2. The molecule has 146 valence electrons. The second kappa shape index (κ2) is 7.97. The maximum absolute atomic E-state index is 12.7. The Kier molecular flexibility index (Phi) is 5.64. The van der Waals surface area contributed by atoms with Crippen molar-refractivity contribution < 1.29 is 14.3 Å². The monoisotopic (exact) mass is 399 g/mol. The van der Waals surface area contributed by atoms with Crippen molar-refractivity contribution in [3.8, 4) is 11.4 Å². The third kappa shape index (κ3) is 3.70. The molecule has 0 radical (unpaired) electrons. The van der Waals surface area contributed by atoms with Gasteiger partial charge in [0, 0.05) is 11.3 Å². The molecule has 0 bridgehead atoms. The first-order valence-corrected chi connectivity index (χ1v) is 9.61. The van der Waals surface area contributed by atoms with Gasteiger partial charge in [0.2, 0.25) is 5.16 Å². The standard InChI is InChI=1S/C19H21N5O3S/c1-10-6-7-16(27-5)14(8-10)24-19(21-22-23-24)28-9-15(26)18-11(2)17(13(4)25)12(3)20-18/h6-8,20H,9H2,1-5H3. The van der Waals surface area contributed by atoms with E-state index in [1.165, 1.54) is 18.7 Å². The molecule has 0 aliphatic rings. The molecule has 0 atom stereocenters. The highest BCUT2D eigenvalue weighted by Crippen LogP contribution is 2.28. The number of hydrogen-bond donors (Lipinski definition) is 1. The van der Waals surface area contributed by atoms with E-state index in [1.54, 1.807) is 25.6 Å². The number of thioether (sulfide) groups is 1. The van der Waals surface area contributed by atoms with Gasteiger partial charge in [0.25, 0.3) is 0 Å². The van der Waals surface area contributed by atoms with E-state index in [9.17, 15) is 9.59 Å². The SMILES string of the molecule is COc1ccc(C)cc1-n1nnnc1SCC(=O)c1[nH]c(C)c(C(C)=O)c1C. The Hall–Kier alpha value is -2.94. The number of ketones is 2. The van der Waals surface area contributed by atoms with Crippen LogP contribution in [0.15, 0.2) is 23.4 Å². The summed E-state index contributed by atoms with van der Waals surface area (Å²) in [6.07, 6.45) is 0. The van der Waals surface area contributed by atoms with E-state index in [1.807, 2.05) is 25.1 Å². The Morgan fingerprint density at radius 1 is 1.25 bits per heavy atom. The van der Waals surface area contributed by atoms with Gasteiger partial charge in [0.05, 0.1) is 18.6 Å². The minimum Gasteiger partial charge on any atom is -0.494 e. The molecule has 0 aliphatic carbocycles. The van der Waals surface area contributed by atoms with Crippen molar-refractivity contribution in [3.05, 3.63) is 46.3 Å². The minimum absolute atomic E-state index is 0.0616. The van der Waals surface area contributed by atoms with Crippen LogP contribution in [-0.2, 0) is 0 Å². The van der Waals surface area contributed by atoms with Crippen LogP contribution in [0.5, 0.6) is 5.75 Å². The molecule has 28 heavy (non-hydrogen) atoms. The molecule has 2 aromatic heterocycles. The van der Waals surface area contributed by atoms with Crippen molar-refractivity contribution in [3.63, 3.8) is 0 Å². The first-order chi connectivity index (χ1) is 13.3. The number of Topliss-reactive ketones (excluding diaryl/α,β-unsaturated/α-hetero) is 2. The number of ether oxygens (including phenoxy) is 1. The molecule has 0 fully saturated rings. The van der Waals surface area contributed by atoms with Crippen molar-refractivity contribution in [1.82, 2.24) is 25.2 Å². The first kappa shape index (κ1) is 19.8. The van der Waals surface area contributed by atoms with Gasteiger partial charge in [0.1, 0.15) is 11.4 Å². The summed E-state index contributed by atoms with van der Waals surface area (Å²) in [5.41, 5.74) is 4.13. The molecule has 0 saturated carbocycles. The predicted octanol–water partition coefficient (Wildman–Crippen LogP) is 3.10. The number of rotatable bonds is 7. The van der Waals surface area contributed by atoms with Crippen molar-refractivity contribution in [2.75, 3.05) is 12.9 Å². The van der Waals surface area contributed by atoms with Gasteiger partial charge in [-0.1, -0.05) is 17.8 Å². The fourth-order valence-corrected chi connectivity index (χ4v) is 3.90. The fourth-order valence-electron chi connectivity index (χ4n) is 3.14. The summed E-state index contributed by atoms with van der Waals surface area (Å²) in [6, 6.07) is 5.70. The normalized spacial score (nSPS) is 10.9. The number of nitrogens with one attached hydrogen (secondary N) is 1. The minimum atomic E-state index is -0.121. The number of aromatic nitrogens is 5. The summed E-state index contributed by atoms with van der Waals surface area (Å²) in [6.45, 7) is 7.03. The largest absolute Gasteiger partial charge is 0.494 e. The summed E-state index contributed by atoms with van der Waals surface area (Å²) in [4.78, 5) is 27.5. The third-order valence-corrected chi connectivity index (χ3v) is 5.32. The quantitative estimate of drug-likeness (QED) is 0.481. The van der Waals surface area contributed by atoms with Crippen molar-refractivity contribution in [1.29, 1.82) is 0 Å². The Balaban J connectivity index is 1.84. The number of nitrogens with zero attached hydrogens (tertiary/aromatic N) is 4. The highest BCUT2D eigenvalue weighted by molar-refractivity contribution is 7.99. The van der Waals surface area contributed by atoms with Gasteiger partial charge >= 0.3 is 0 Å². The molecule has 9 heteroatoms. The van der Waals surface area contributed by atoms with Gasteiger partial charge in [0.15, 0.2) is 11.6 Å². The number of aryl methyl sites for hydroxylation is 2. The Morgan fingerprint density at radius 3 is 2.64 bits per heavy atom. The molecular formula is C19H21N5O3S. The molecule has 1 aromatic carbocycles. The Bertz CT molecular complexity index is 1050. The average Bonchev–Trinajstić information content (AvgIpc) is 3.23.